The van der Waals surface area contributed by atoms with Gasteiger partial charge in [0.2, 0.25) is 0 Å². The molecule has 2 N–H and O–H groups in total. The van der Waals surface area contributed by atoms with E-state index in [0.717, 1.165) is 58.5 Å². The summed E-state index contributed by atoms with van der Waals surface area (Å²) in [6.45, 7) is 5.15. The molecule has 0 unspecified atom stereocenters. The van der Waals surface area contributed by atoms with Crippen molar-refractivity contribution in [1.29, 1.82) is 0 Å². The van der Waals surface area contributed by atoms with Crippen LogP contribution in [0.15, 0.2) is 11.6 Å². The molecule has 0 amide bonds. The Balaban J connectivity index is 1.39. The van der Waals surface area contributed by atoms with Crippen molar-refractivity contribution < 1.29 is 4.74 Å². The smallest absolute Gasteiger partial charge is 0.0937 e. The van der Waals surface area contributed by atoms with Crippen molar-refractivity contribution in [3.05, 3.63) is 16.6 Å². The molecule has 0 aliphatic carbocycles. The first-order chi connectivity index (χ1) is 8.95. The summed E-state index contributed by atoms with van der Waals surface area (Å²) in [7, 11) is 0. The van der Waals surface area contributed by atoms with Crippen molar-refractivity contribution in [2.24, 2.45) is 0 Å². The zero-order valence-electron chi connectivity index (χ0n) is 10.9. The second-order valence-corrected chi connectivity index (χ2v) is 5.58. The molecule has 1 fully saturated rings. The van der Waals surface area contributed by atoms with Gasteiger partial charge in [-0.3, -0.25) is 0 Å². The van der Waals surface area contributed by atoms with Crippen LogP contribution in [0.2, 0.25) is 0 Å². The van der Waals surface area contributed by atoms with Crippen molar-refractivity contribution in [2.75, 3.05) is 32.8 Å². The lowest BCUT2D eigenvalue weighted by Gasteiger charge is -2.22. The average molecular weight is 269 g/mol. The molecule has 0 radical (unpaired) electrons. The number of nitrogens with zero attached hydrogens (tertiary/aromatic N) is 1. The molecule has 2 rings (SSSR count). The van der Waals surface area contributed by atoms with Gasteiger partial charge in [-0.15, -0.1) is 11.3 Å². The van der Waals surface area contributed by atoms with Crippen LogP contribution in [-0.4, -0.2) is 43.9 Å². The maximum Gasteiger partial charge on any atom is 0.0937 e. The molecule has 2 heterocycles. The minimum Gasteiger partial charge on any atom is -0.378 e. The SMILES string of the molecule is c1csc(CCNCCCOC2CCNCC2)n1. The number of ether oxygens (including phenoxy) is 1. The van der Waals surface area contributed by atoms with E-state index in [0.29, 0.717) is 6.10 Å². The fourth-order valence-corrected chi connectivity index (χ4v) is 2.73. The third-order valence-electron chi connectivity index (χ3n) is 3.14. The lowest BCUT2D eigenvalue weighted by Crippen LogP contribution is -2.33. The second kappa shape index (κ2) is 8.58. The van der Waals surface area contributed by atoms with E-state index in [1.54, 1.807) is 11.3 Å². The Morgan fingerprint density at radius 1 is 1.39 bits per heavy atom. The molecule has 18 heavy (non-hydrogen) atoms. The Bertz CT molecular complexity index is 299. The minimum atomic E-state index is 0.488. The van der Waals surface area contributed by atoms with Gasteiger partial charge in [-0.1, -0.05) is 0 Å². The van der Waals surface area contributed by atoms with Crippen LogP contribution in [0.4, 0.5) is 0 Å². The Morgan fingerprint density at radius 2 is 2.28 bits per heavy atom. The van der Waals surface area contributed by atoms with Gasteiger partial charge >= 0.3 is 0 Å². The van der Waals surface area contributed by atoms with Gasteiger partial charge in [-0.25, -0.2) is 4.98 Å². The summed E-state index contributed by atoms with van der Waals surface area (Å²) in [5, 5.41) is 10.0. The first-order valence-corrected chi connectivity index (χ1v) is 7.74. The van der Waals surface area contributed by atoms with Crippen LogP contribution < -0.4 is 10.6 Å². The first kappa shape index (κ1) is 13.9. The van der Waals surface area contributed by atoms with Gasteiger partial charge in [0.25, 0.3) is 0 Å². The van der Waals surface area contributed by atoms with E-state index in [-0.39, 0.29) is 0 Å². The zero-order valence-corrected chi connectivity index (χ0v) is 11.7. The van der Waals surface area contributed by atoms with Crippen molar-refractivity contribution in [3.63, 3.8) is 0 Å². The molecule has 0 bridgehead atoms. The van der Waals surface area contributed by atoms with Crippen LogP contribution in [0, 0.1) is 0 Å². The predicted molar refractivity (Wildman–Crippen MR) is 75.1 cm³/mol. The maximum atomic E-state index is 5.85. The molecule has 0 saturated carbocycles. The fraction of sp³-hybridized carbons (Fsp3) is 0.769. The molecule has 4 nitrogen and oxygen atoms in total. The van der Waals surface area contributed by atoms with Gasteiger partial charge < -0.3 is 15.4 Å². The molecule has 1 aromatic heterocycles. The maximum absolute atomic E-state index is 5.85. The third-order valence-corrected chi connectivity index (χ3v) is 3.98. The molecule has 102 valence electrons. The van der Waals surface area contributed by atoms with E-state index < -0.39 is 0 Å². The molecule has 5 heteroatoms. The van der Waals surface area contributed by atoms with E-state index in [1.807, 2.05) is 11.6 Å². The lowest BCUT2D eigenvalue weighted by molar-refractivity contribution is 0.0318. The summed E-state index contributed by atoms with van der Waals surface area (Å²) in [4.78, 5) is 4.26. The second-order valence-electron chi connectivity index (χ2n) is 4.60. The lowest BCUT2D eigenvalue weighted by atomic mass is 10.1. The minimum absolute atomic E-state index is 0.488. The van der Waals surface area contributed by atoms with Crippen LogP contribution in [-0.2, 0) is 11.2 Å². The predicted octanol–water partition coefficient (Wildman–Crippen LogP) is 1.43. The Morgan fingerprint density at radius 3 is 3.06 bits per heavy atom. The van der Waals surface area contributed by atoms with E-state index >= 15 is 0 Å². The number of aromatic nitrogens is 1. The highest BCUT2D eigenvalue weighted by molar-refractivity contribution is 7.09. The van der Waals surface area contributed by atoms with Crippen LogP contribution in [0.25, 0.3) is 0 Å². The van der Waals surface area contributed by atoms with Gasteiger partial charge in [-0.05, 0) is 38.9 Å². The fourth-order valence-electron chi connectivity index (χ4n) is 2.11. The number of hydrogen-bond acceptors (Lipinski definition) is 5. The zero-order chi connectivity index (χ0) is 12.5. The van der Waals surface area contributed by atoms with E-state index in [9.17, 15) is 0 Å². The quantitative estimate of drug-likeness (QED) is 0.701. The van der Waals surface area contributed by atoms with E-state index in [2.05, 4.69) is 15.6 Å². The van der Waals surface area contributed by atoms with Crippen molar-refractivity contribution in [2.45, 2.75) is 31.8 Å². The molecule has 0 aromatic carbocycles. The number of nitrogens with one attached hydrogen (secondary N) is 2. The Kier molecular flexibility index (Phi) is 6.64. The highest BCUT2D eigenvalue weighted by Gasteiger charge is 2.12. The highest BCUT2D eigenvalue weighted by atomic mass is 32.1. The summed E-state index contributed by atoms with van der Waals surface area (Å²) in [5.41, 5.74) is 0. The van der Waals surface area contributed by atoms with Crippen LogP contribution >= 0.6 is 11.3 Å². The van der Waals surface area contributed by atoms with Gasteiger partial charge in [0.15, 0.2) is 0 Å². The molecule has 1 saturated heterocycles. The molecule has 1 aliphatic rings. The average Bonchev–Trinajstić information content (AvgIpc) is 2.92. The largest absolute Gasteiger partial charge is 0.378 e. The third kappa shape index (κ3) is 5.44. The van der Waals surface area contributed by atoms with Gasteiger partial charge in [0, 0.05) is 31.1 Å². The Hall–Kier alpha value is -0.490. The van der Waals surface area contributed by atoms with Gasteiger partial charge in [0.1, 0.15) is 0 Å². The molecule has 1 aliphatic heterocycles. The molecule has 0 spiro atoms. The summed E-state index contributed by atoms with van der Waals surface area (Å²) in [6, 6.07) is 0. The van der Waals surface area contributed by atoms with Crippen molar-refractivity contribution in [1.82, 2.24) is 15.6 Å². The Labute approximate surface area is 113 Å². The van der Waals surface area contributed by atoms with Crippen molar-refractivity contribution >= 4 is 11.3 Å². The van der Waals surface area contributed by atoms with Crippen LogP contribution in [0.3, 0.4) is 0 Å². The van der Waals surface area contributed by atoms with Gasteiger partial charge in [0.05, 0.1) is 11.1 Å². The molecule has 1 aromatic rings. The summed E-state index contributed by atoms with van der Waals surface area (Å²) < 4.78 is 5.85. The van der Waals surface area contributed by atoms with Crippen molar-refractivity contribution in [3.8, 4) is 0 Å². The van der Waals surface area contributed by atoms with E-state index in [1.165, 1.54) is 5.01 Å². The summed E-state index contributed by atoms with van der Waals surface area (Å²) in [5.74, 6) is 0. The number of hydrogen-bond donors (Lipinski definition) is 2. The van der Waals surface area contributed by atoms with E-state index in [4.69, 9.17) is 4.74 Å². The monoisotopic (exact) mass is 269 g/mol. The first-order valence-electron chi connectivity index (χ1n) is 6.86. The molecule has 0 atom stereocenters. The molecular weight excluding hydrogens is 246 g/mol. The number of thiazole rings is 1. The molecular formula is C13H23N3OS. The normalized spacial score (nSPS) is 17.1. The topological polar surface area (TPSA) is 46.2 Å². The van der Waals surface area contributed by atoms with Gasteiger partial charge in [-0.2, -0.15) is 0 Å². The number of rotatable bonds is 8. The standard InChI is InChI=1S/C13H23N3OS/c1(10-17-12-2-6-15-7-3-12)5-14-8-4-13-16-9-11-18-13/h9,11-12,14-15H,1-8,10H2. The highest BCUT2D eigenvalue weighted by Crippen LogP contribution is 2.07. The summed E-state index contributed by atoms with van der Waals surface area (Å²) in [6.07, 6.45) is 6.82. The number of piperidine rings is 1. The van der Waals surface area contributed by atoms with Crippen LogP contribution in [0.5, 0.6) is 0 Å². The summed E-state index contributed by atoms with van der Waals surface area (Å²) >= 11 is 1.73. The van der Waals surface area contributed by atoms with Crippen LogP contribution in [0.1, 0.15) is 24.3 Å².